The lowest BCUT2D eigenvalue weighted by Gasteiger charge is -2.40. The molecule has 0 aromatic heterocycles. The second-order valence-electron chi connectivity index (χ2n) is 8.08. The maximum atomic E-state index is 12.9. The lowest BCUT2D eigenvalue weighted by Crippen LogP contribution is -2.55. The lowest BCUT2D eigenvalue weighted by atomic mass is 10.0. The van der Waals surface area contributed by atoms with Crippen molar-refractivity contribution in [2.24, 2.45) is 5.92 Å². The summed E-state index contributed by atoms with van der Waals surface area (Å²) in [6, 6.07) is 9.06. The number of hydrogen-bond donors (Lipinski definition) is 0. The van der Waals surface area contributed by atoms with E-state index in [1.54, 1.807) is 0 Å². The number of sulfonamides is 1. The highest BCUT2D eigenvalue weighted by Gasteiger charge is 2.44. The summed E-state index contributed by atoms with van der Waals surface area (Å²) in [4.78, 5) is 2.27. The third-order valence-corrected chi connectivity index (χ3v) is 9.62. The number of rotatable bonds is 5. The van der Waals surface area contributed by atoms with Gasteiger partial charge in [0.05, 0.1) is 16.8 Å². The molecule has 0 saturated carbocycles. The van der Waals surface area contributed by atoms with Crippen LogP contribution in [-0.2, 0) is 25.6 Å². The number of benzene rings is 1. The van der Waals surface area contributed by atoms with Crippen LogP contribution in [0.2, 0.25) is 0 Å². The second kappa shape index (κ2) is 8.19. The van der Waals surface area contributed by atoms with Crippen molar-refractivity contribution in [1.82, 2.24) is 9.21 Å². The van der Waals surface area contributed by atoms with Gasteiger partial charge in [-0.1, -0.05) is 44.2 Å². The van der Waals surface area contributed by atoms with Gasteiger partial charge in [0, 0.05) is 32.2 Å². The van der Waals surface area contributed by atoms with E-state index in [4.69, 9.17) is 0 Å². The van der Waals surface area contributed by atoms with E-state index < -0.39 is 25.1 Å². The van der Waals surface area contributed by atoms with E-state index in [2.05, 4.69) is 18.7 Å². The number of fused-ring (bicyclic) bond motifs is 1. The summed E-state index contributed by atoms with van der Waals surface area (Å²) in [6.45, 7) is 6.34. The molecule has 8 heteroatoms. The van der Waals surface area contributed by atoms with Crippen molar-refractivity contribution < 1.29 is 16.8 Å². The van der Waals surface area contributed by atoms with Gasteiger partial charge in [0.1, 0.15) is 0 Å². The van der Waals surface area contributed by atoms with E-state index in [-0.39, 0.29) is 24.1 Å². The number of sulfone groups is 1. The largest absolute Gasteiger partial charge is 0.298 e. The minimum Gasteiger partial charge on any atom is -0.298 e. The predicted octanol–water partition coefficient (Wildman–Crippen LogP) is 1.74. The maximum Gasteiger partial charge on any atom is 0.218 e. The van der Waals surface area contributed by atoms with Crippen LogP contribution in [-0.4, -0.2) is 69.3 Å². The minimum atomic E-state index is -3.46. The minimum absolute atomic E-state index is 0.0361. The first-order valence-corrected chi connectivity index (χ1v) is 13.0. The van der Waals surface area contributed by atoms with Crippen molar-refractivity contribution in [2.75, 3.05) is 31.9 Å². The average molecular weight is 415 g/mol. The van der Waals surface area contributed by atoms with E-state index in [1.165, 1.54) is 4.31 Å². The van der Waals surface area contributed by atoms with Crippen LogP contribution in [0.1, 0.15) is 32.3 Å². The van der Waals surface area contributed by atoms with Gasteiger partial charge < -0.3 is 0 Å². The van der Waals surface area contributed by atoms with Crippen LogP contribution in [0.15, 0.2) is 30.3 Å². The normalized spacial score (nSPS) is 27.2. The molecule has 1 aromatic rings. The summed E-state index contributed by atoms with van der Waals surface area (Å²) in [7, 11) is -6.63. The lowest BCUT2D eigenvalue weighted by molar-refractivity contribution is 0.163. The molecule has 2 atom stereocenters. The molecule has 3 rings (SSSR count). The fourth-order valence-electron chi connectivity index (χ4n) is 4.29. The number of hydrogen-bond acceptors (Lipinski definition) is 5. The van der Waals surface area contributed by atoms with Gasteiger partial charge in [0.2, 0.25) is 10.0 Å². The van der Waals surface area contributed by atoms with Gasteiger partial charge >= 0.3 is 0 Å². The Bertz CT molecular complexity index is 838. The first-order valence-electron chi connectivity index (χ1n) is 9.66. The summed E-state index contributed by atoms with van der Waals surface area (Å²) < 4.78 is 52.6. The van der Waals surface area contributed by atoms with E-state index in [0.29, 0.717) is 31.8 Å². The first-order chi connectivity index (χ1) is 12.7. The van der Waals surface area contributed by atoms with Gasteiger partial charge in [-0.25, -0.2) is 21.1 Å². The Hall–Kier alpha value is -0.960. The molecule has 2 aliphatic rings. The van der Waals surface area contributed by atoms with Gasteiger partial charge in [-0.3, -0.25) is 4.90 Å². The topological polar surface area (TPSA) is 74.8 Å². The Morgan fingerprint density at radius 2 is 1.74 bits per heavy atom. The van der Waals surface area contributed by atoms with Gasteiger partial charge in [-0.2, -0.15) is 0 Å². The van der Waals surface area contributed by atoms with Gasteiger partial charge in [0.25, 0.3) is 0 Å². The third-order valence-electron chi connectivity index (χ3n) is 5.54. The molecule has 6 nitrogen and oxygen atoms in total. The molecule has 1 aromatic carbocycles. The molecular formula is C19H30N2O4S2. The molecule has 0 aliphatic carbocycles. The van der Waals surface area contributed by atoms with Crippen LogP contribution >= 0.6 is 0 Å². The van der Waals surface area contributed by atoms with Crippen molar-refractivity contribution in [1.29, 1.82) is 0 Å². The zero-order valence-corrected chi connectivity index (χ0v) is 17.8. The van der Waals surface area contributed by atoms with Crippen LogP contribution in [0.4, 0.5) is 0 Å². The molecule has 0 N–H and O–H groups in total. The van der Waals surface area contributed by atoms with Crippen LogP contribution < -0.4 is 0 Å². The molecule has 0 amide bonds. The van der Waals surface area contributed by atoms with Gasteiger partial charge in [-0.05, 0) is 24.3 Å². The van der Waals surface area contributed by atoms with E-state index in [0.717, 1.165) is 12.1 Å². The molecule has 0 unspecified atom stereocenters. The SMILES string of the molecule is CC(C)CN1CCS(=O)(=O)[C@H]2CCN(S(=O)(=O)Cc3ccccc3)CC[C@@H]21. The summed E-state index contributed by atoms with van der Waals surface area (Å²) in [5.41, 5.74) is 0.758. The summed E-state index contributed by atoms with van der Waals surface area (Å²) >= 11 is 0. The van der Waals surface area contributed by atoms with Crippen molar-refractivity contribution in [3.05, 3.63) is 35.9 Å². The summed E-state index contributed by atoms with van der Waals surface area (Å²) in [5, 5.41) is -0.457. The van der Waals surface area contributed by atoms with Crippen LogP contribution in [0.25, 0.3) is 0 Å². The Labute approximate surface area is 163 Å². The molecule has 2 fully saturated rings. The van der Waals surface area contributed by atoms with E-state index >= 15 is 0 Å². The molecule has 152 valence electrons. The van der Waals surface area contributed by atoms with E-state index in [9.17, 15) is 16.8 Å². The Kier molecular flexibility index (Phi) is 6.30. The highest BCUT2D eigenvalue weighted by molar-refractivity contribution is 7.92. The van der Waals surface area contributed by atoms with Crippen molar-refractivity contribution >= 4 is 19.9 Å². The Balaban J connectivity index is 1.78. The predicted molar refractivity (Wildman–Crippen MR) is 108 cm³/mol. The fourth-order valence-corrected chi connectivity index (χ4v) is 7.89. The smallest absolute Gasteiger partial charge is 0.218 e. The molecule has 0 bridgehead atoms. The van der Waals surface area contributed by atoms with Crippen molar-refractivity contribution in [3.8, 4) is 0 Å². The highest BCUT2D eigenvalue weighted by Crippen LogP contribution is 2.30. The number of nitrogens with zero attached hydrogens (tertiary/aromatic N) is 2. The summed E-state index contributed by atoms with van der Waals surface area (Å²) in [6.07, 6.45) is 0.959. The molecule has 2 aliphatic heterocycles. The fraction of sp³-hybridized carbons (Fsp3) is 0.684. The molecular weight excluding hydrogens is 384 g/mol. The monoisotopic (exact) mass is 414 g/mol. The molecule has 27 heavy (non-hydrogen) atoms. The molecule has 0 spiro atoms. The molecule has 2 saturated heterocycles. The third kappa shape index (κ3) is 4.91. The van der Waals surface area contributed by atoms with E-state index in [1.807, 2.05) is 30.3 Å². The standard InChI is InChI=1S/C19H30N2O4S2/c1-16(2)14-20-12-13-26(22,23)19-9-11-21(10-8-18(19)20)27(24,25)15-17-6-4-3-5-7-17/h3-7,16,18-19H,8-15H2,1-2H3/t18-,19-/m0/s1. The Morgan fingerprint density at radius 1 is 1.07 bits per heavy atom. The highest BCUT2D eigenvalue weighted by atomic mass is 32.2. The van der Waals surface area contributed by atoms with Gasteiger partial charge in [0.15, 0.2) is 9.84 Å². The van der Waals surface area contributed by atoms with Crippen molar-refractivity contribution in [2.45, 2.75) is 43.7 Å². The zero-order chi connectivity index (χ0) is 19.7. The van der Waals surface area contributed by atoms with Crippen LogP contribution in [0, 0.1) is 5.92 Å². The van der Waals surface area contributed by atoms with Crippen LogP contribution in [0.5, 0.6) is 0 Å². The molecule has 0 radical (unpaired) electrons. The maximum absolute atomic E-state index is 12.9. The van der Waals surface area contributed by atoms with Crippen molar-refractivity contribution in [3.63, 3.8) is 0 Å². The molecule has 2 heterocycles. The zero-order valence-electron chi connectivity index (χ0n) is 16.1. The van der Waals surface area contributed by atoms with Crippen LogP contribution in [0.3, 0.4) is 0 Å². The summed E-state index contributed by atoms with van der Waals surface area (Å²) in [5.74, 6) is 0.594. The second-order valence-corrected chi connectivity index (χ2v) is 12.4. The van der Waals surface area contributed by atoms with Gasteiger partial charge in [-0.15, -0.1) is 0 Å². The first kappa shape index (κ1) is 20.8. The quantitative estimate of drug-likeness (QED) is 0.734. The average Bonchev–Trinajstić information content (AvgIpc) is 2.82. The Morgan fingerprint density at radius 3 is 2.41 bits per heavy atom.